The number of nitrogens with one attached hydrogen (secondary N) is 1. The Morgan fingerprint density at radius 1 is 1.24 bits per heavy atom. The predicted octanol–water partition coefficient (Wildman–Crippen LogP) is 1.24. The molecule has 140 valence electrons. The first-order valence-corrected chi connectivity index (χ1v) is 9.50. The van der Waals surface area contributed by atoms with Gasteiger partial charge in [0.1, 0.15) is 5.54 Å². The topological polar surface area (TPSA) is 73.0 Å². The lowest BCUT2D eigenvalue weighted by molar-refractivity contribution is -0.138. The van der Waals surface area contributed by atoms with E-state index in [2.05, 4.69) is 5.43 Å². The molecule has 7 nitrogen and oxygen atoms in total. The molecule has 0 aromatic rings. The molecule has 2 unspecified atom stereocenters. The quantitative estimate of drug-likeness (QED) is 0.756. The summed E-state index contributed by atoms with van der Waals surface area (Å²) in [5, 5.41) is 1.99. The molecule has 7 heteroatoms. The van der Waals surface area contributed by atoms with Gasteiger partial charge in [-0.25, -0.2) is 9.80 Å². The summed E-state index contributed by atoms with van der Waals surface area (Å²) in [6.45, 7) is 5.85. The minimum Gasteiger partial charge on any atom is -0.313 e. The molecule has 1 saturated carbocycles. The zero-order chi connectivity index (χ0) is 18.2. The highest BCUT2D eigenvalue weighted by atomic mass is 16.2. The molecule has 0 bridgehead atoms. The highest BCUT2D eigenvalue weighted by Crippen LogP contribution is 2.40. The molecule has 2 saturated heterocycles. The van der Waals surface area contributed by atoms with E-state index in [-0.39, 0.29) is 36.1 Å². The largest absolute Gasteiger partial charge is 0.327 e. The fourth-order valence-electron chi connectivity index (χ4n) is 4.51. The van der Waals surface area contributed by atoms with Gasteiger partial charge in [0.2, 0.25) is 0 Å². The monoisotopic (exact) mass is 350 g/mol. The Labute approximate surface area is 149 Å². The summed E-state index contributed by atoms with van der Waals surface area (Å²) in [5.74, 6) is -0.205. The highest BCUT2D eigenvalue weighted by Gasteiger charge is 2.56. The molecule has 1 N–H and O–H groups in total. The number of Topliss-reactive ketones (excluding diaryl/α,β-unsaturated/α-hetero) is 1. The lowest BCUT2D eigenvalue weighted by Crippen LogP contribution is -2.52. The van der Waals surface area contributed by atoms with Crippen LogP contribution in [0, 0.1) is 11.8 Å². The number of amides is 3. The van der Waals surface area contributed by atoms with Crippen LogP contribution in [0.5, 0.6) is 0 Å². The average molecular weight is 350 g/mol. The molecule has 3 fully saturated rings. The third-order valence-electron chi connectivity index (χ3n) is 6.45. The van der Waals surface area contributed by atoms with Crippen LogP contribution in [0.15, 0.2) is 0 Å². The molecule has 2 atom stereocenters. The molecule has 3 rings (SSSR count). The molecule has 3 aliphatic rings. The summed E-state index contributed by atoms with van der Waals surface area (Å²) in [5.41, 5.74) is 2.37. The van der Waals surface area contributed by atoms with Crippen LogP contribution in [-0.2, 0) is 9.59 Å². The van der Waals surface area contributed by atoms with Crippen LogP contribution in [0.2, 0.25) is 0 Å². The molecule has 2 heterocycles. The second-order valence-electron chi connectivity index (χ2n) is 7.78. The number of carbonyl (C=O) groups is 3. The van der Waals surface area contributed by atoms with Crippen molar-refractivity contribution in [2.45, 2.75) is 51.5 Å². The highest BCUT2D eigenvalue weighted by molar-refractivity contribution is 6.09. The number of imide groups is 1. The molecule has 0 aromatic carbocycles. The van der Waals surface area contributed by atoms with Crippen LogP contribution in [0.25, 0.3) is 0 Å². The second kappa shape index (κ2) is 7.03. The Kier molecular flexibility index (Phi) is 5.16. The smallest absolute Gasteiger partial charge is 0.313 e. The number of ketones is 1. The van der Waals surface area contributed by atoms with Gasteiger partial charge in [0.15, 0.2) is 5.78 Å². The Hall–Kier alpha value is -1.47. The maximum atomic E-state index is 13.1. The summed E-state index contributed by atoms with van der Waals surface area (Å²) in [4.78, 5) is 41.2. The van der Waals surface area contributed by atoms with Crippen LogP contribution in [0.1, 0.15) is 46.0 Å². The van der Waals surface area contributed by atoms with Gasteiger partial charge in [-0.15, -0.1) is 0 Å². The van der Waals surface area contributed by atoms with Crippen LogP contribution >= 0.6 is 0 Å². The molecule has 3 amide bonds. The Balaban J connectivity index is 1.71. The van der Waals surface area contributed by atoms with Crippen molar-refractivity contribution >= 4 is 17.7 Å². The summed E-state index contributed by atoms with van der Waals surface area (Å²) in [6, 6.07) is -0.329. The first-order chi connectivity index (χ1) is 11.9. The van der Waals surface area contributed by atoms with E-state index in [1.807, 2.05) is 18.9 Å². The molecule has 2 aliphatic heterocycles. The van der Waals surface area contributed by atoms with Crippen molar-refractivity contribution in [2.24, 2.45) is 11.8 Å². The zero-order valence-corrected chi connectivity index (χ0v) is 15.6. The molecule has 25 heavy (non-hydrogen) atoms. The zero-order valence-electron chi connectivity index (χ0n) is 15.6. The number of hydrazine groups is 1. The van der Waals surface area contributed by atoms with Crippen LogP contribution in [0.4, 0.5) is 4.79 Å². The summed E-state index contributed by atoms with van der Waals surface area (Å²) < 4.78 is 0. The van der Waals surface area contributed by atoms with Gasteiger partial charge in [0, 0.05) is 32.6 Å². The van der Waals surface area contributed by atoms with Crippen molar-refractivity contribution in [3.8, 4) is 0 Å². The number of nitrogens with zero attached hydrogens (tertiary/aromatic N) is 3. The lowest BCUT2D eigenvalue weighted by Gasteiger charge is -2.38. The van der Waals surface area contributed by atoms with E-state index in [0.717, 1.165) is 32.2 Å². The molecule has 0 aromatic heterocycles. The third kappa shape index (κ3) is 3.08. The third-order valence-corrected chi connectivity index (χ3v) is 6.45. The fraction of sp³-hybridized carbons (Fsp3) is 0.833. The maximum absolute atomic E-state index is 13.1. The van der Waals surface area contributed by atoms with Crippen LogP contribution < -0.4 is 5.43 Å². The summed E-state index contributed by atoms with van der Waals surface area (Å²) in [7, 11) is 1.70. The SMILES string of the molecule is CCN1CC(C(=O)CN2C(=O)N(C)C(C)(C3CCCCC3)C2=O)CN1. The van der Waals surface area contributed by atoms with E-state index in [1.54, 1.807) is 11.9 Å². The van der Waals surface area contributed by atoms with Crippen molar-refractivity contribution in [3.63, 3.8) is 0 Å². The van der Waals surface area contributed by atoms with Crippen LogP contribution in [-0.4, -0.2) is 71.3 Å². The molecule has 1 aliphatic carbocycles. The van der Waals surface area contributed by atoms with Crippen LogP contribution in [0.3, 0.4) is 0 Å². The van der Waals surface area contributed by atoms with E-state index in [1.165, 1.54) is 11.3 Å². The van der Waals surface area contributed by atoms with E-state index in [4.69, 9.17) is 0 Å². The number of hydrogen-bond donors (Lipinski definition) is 1. The molecular formula is C18H30N4O3. The Morgan fingerprint density at radius 3 is 2.52 bits per heavy atom. The normalized spacial score (nSPS) is 32.0. The van der Waals surface area contributed by atoms with Crippen molar-refractivity contribution in [1.82, 2.24) is 20.2 Å². The van der Waals surface area contributed by atoms with Gasteiger partial charge in [-0.05, 0) is 25.7 Å². The van der Waals surface area contributed by atoms with Gasteiger partial charge in [-0.2, -0.15) is 0 Å². The van der Waals surface area contributed by atoms with Gasteiger partial charge >= 0.3 is 6.03 Å². The van der Waals surface area contributed by atoms with Crippen molar-refractivity contribution in [3.05, 3.63) is 0 Å². The number of hydrogen-bond acceptors (Lipinski definition) is 5. The van der Waals surface area contributed by atoms with Crippen molar-refractivity contribution in [1.29, 1.82) is 0 Å². The Morgan fingerprint density at radius 2 is 1.92 bits per heavy atom. The van der Waals surface area contributed by atoms with Crippen molar-refractivity contribution in [2.75, 3.05) is 33.2 Å². The van der Waals surface area contributed by atoms with Gasteiger partial charge in [0.25, 0.3) is 5.91 Å². The lowest BCUT2D eigenvalue weighted by atomic mass is 9.75. The number of urea groups is 1. The number of carbonyl (C=O) groups excluding carboxylic acids is 3. The Bertz CT molecular complexity index is 561. The van der Waals surface area contributed by atoms with E-state index in [9.17, 15) is 14.4 Å². The van der Waals surface area contributed by atoms with Gasteiger partial charge in [0.05, 0.1) is 6.54 Å². The average Bonchev–Trinajstić information content (AvgIpc) is 3.18. The minimum absolute atomic E-state index is 0.0357. The summed E-state index contributed by atoms with van der Waals surface area (Å²) in [6.07, 6.45) is 5.35. The predicted molar refractivity (Wildman–Crippen MR) is 93.6 cm³/mol. The standard InChI is InChI=1S/C18H30N4O3/c1-4-21-11-13(10-19-21)15(23)12-22-16(24)18(2,20(3)17(22)25)14-8-6-5-7-9-14/h13-14,19H,4-12H2,1-3H3. The molecular weight excluding hydrogens is 320 g/mol. The van der Waals surface area contributed by atoms with Gasteiger partial charge < -0.3 is 4.90 Å². The number of rotatable bonds is 5. The van der Waals surface area contributed by atoms with Gasteiger partial charge in [-0.3, -0.25) is 19.9 Å². The first kappa shape index (κ1) is 18.3. The maximum Gasteiger partial charge on any atom is 0.327 e. The molecule has 0 spiro atoms. The fourth-order valence-corrected chi connectivity index (χ4v) is 4.51. The number of likely N-dealkylation sites (N-methyl/N-ethyl adjacent to an activating group) is 1. The van der Waals surface area contributed by atoms with E-state index >= 15 is 0 Å². The van der Waals surface area contributed by atoms with E-state index in [0.29, 0.717) is 13.1 Å². The minimum atomic E-state index is -0.804. The molecule has 0 radical (unpaired) electrons. The van der Waals surface area contributed by atoms with E-state index < -0.39 is 5.54 Å². The van der Waals surface area contributed by atoms with Crippen molar-refractivity contribution < 1.29 is 14.4 Å². The summed E-state index contributed by atoms with van der Waals surface area (Å²) >= 11 is 0. The van der Waals surface area contributed by atoms with Gasteiger partial charge in [-0.1, -0.05) is 26.2 Å². The second-order valence-corrected chi connectivity index (χ2v) is 7.78. The first-order valence-electron chi connectivity index (χ1n) is 9.50.